The van der Waals surface area contributed by atoms with E-state index in [9.17, 15) is 9.59 Å². The van der Waals surface area contributed by atoms with Crippen molar-refractivity contribution in [1.29, 1.82) is 0 Å². The molecule has 2 saturated heterocycles. The molecule has 2 atom stereocenters. The van der Waals surface area contributed by atoms with Crippen molar-refractivity contribution in [3.05, 3.63) is 71.8 Å². The highest BCUT2D eigenvalue weighted by atomic mass is 79.9. The topological polar surface area (TPSA) is 90.7 Å². The van der Waals surface area contributed by atoms with E-state index < -0.39 is 0 Å². The highest BCUT2D eigenvalue weighted by Crippen LogP contribution is 2.13. The molecule has 29 heavy (non-hydrogen) atoms. The number of nitrogens with two attached hydrogens (primary N) is 1. The molecule has 0 amide bonds. The number of carbonyl (C=O) groups excluding carboxylic acids is 2. The van der Waals surface area contributed by atoms with Gasteiger partial charge in [0.25, 0.3) is 0 Å². The second-order valence-electron chi connectivity index (χ2n) is 6.49. The van der Waals surface area contributed by atoms with Gasteiger partial charge in [0.05, 0.1) is 13.2 Å². The maximum atomic E-state index is 11.1. The summed E-state index contributed by atoms with van der Waals surface area (Å²) >= 11 is 3.13. The first-order chi connectivity index (χ1) is 14.1. The van der Waals surface area contributed by atoms with Crippen molar-refractivity contribution < 1.29 is 19.1 Å². The molecular formula is C22H27BrN2O4. The predicted molar refractivity (Wildman–Crippen MR) is 115 cm³/mol. The number of carbonyl (C=O) groups is 2. The zero-order valence-electron chi connectivity index (χ0n) is 16.3. The first-order valence-electron chi connectivity index (χ1n) is 9.58. The molecule has 2 aliphatic rings. The van der Waals surface area contributed by atoms with Crippen LogP contribution < -0.4 is 11.1 Å². The van der Waals surface area contributed by atoms with Crippen molar-refractivity contribution in [1.82, 2.24) is 5.32 Å². The number of benzene rings is 2. The van der Waals surface area contributed by atoms with Gasteiger partial charge in [-0.15, -0.1) is 0 Å². The normalized spacial score (nSPS) is 19.9. The lowest BCUT2D eigenvalue weighted by Gasteiger charge is -2.07. The van der Waals surface area contributed by atoms with Crippen LogP contribution in [0.15, 0.2) is 60.7 Å². The fourth-order valence-corrected chi connectivity index (χ4v) is 2.92. The van der Waals surface area contributed by atoms with Crippen LogP contribution in [0.3, 0.4) is 0 Å². The van der Waals surface area contributed by atoms with Gasteiger partial charge in [0.1, 0.15) is 10.9 Å². The van der Waals surface area contributed by atoms with Gasteiger partial charge in [-0.05, 0) is 11.1 Å². The van der Waals surface area contributed by atoms with Crippen LogP contribution in [0.2, 0.25) is 0 Å². The quantitative estimate of drug-likeness (QED) is 0.536. The van der Waals surface area contributed by atoms with Gasteiger partial charge in [-0.3, -0.25) is 9.59 Å². The first-order valence-corrected chi connectivity index (χ1v) is 10.5. The molecule has 0 radical (unpaired) electrons. The zero-order chi connectivity index (χ0) is 20.9. The molecule has 2 heterocycles. The molecule has 4 rings (SSSR count). The van der Waals surface area contributed by atoms with E-state index in [1.54, 1.807) is 0 Å². The van der Waals surface area contributed by atoms with Crippen LogP contribution in [0.25, 0.3) is 0 Å². The summed E-state index contributed by atoms with van der Waals surface area (Å²) in [4.78, 5) is 21.4. The summed E-state index contributed by atoms with van der Waals surface area (Å²) in [6, 6.07) is 19.9. The van der Waals surface area contributed by atoms with Crippen molar-refractivity contribution in [2.24, 2.45) is 5.73 Å². The van der Waals surface area contributed by atoms with Gasteiger partial charge < -0.3 is 20.5 Å². The fourth-order valence-electron chi connectivity index (χ4n) is 2.60. The van der Waals surface area contributed by atoms with Crippen molar-refractivity contribution in [2.75, 3.05) is 13.2 Å². The molecule has 0 spiro atoms. The van der Waals surface area contributed by atoms with Crippen LogP contribution in [-0.2, 0) is 32.2 Å². The molecule has 0 aromatic heterocycles. The zero-order valence-corrected chi connectivity index (χ0v) is 17.8. The molecule has 7 heteroatoms. The molecule has 2 aromatic carbocycles. The maximum Gasteiger partial charge on any atom is 0.323 e. The lowest BCUT2D eigenvalue weighted by molar-refractivity contribution is -0.140. The van der Waals surface area contributed by atoms with Gasteiger partial charge in [-0.2, -0.15) is 0 Å². The van der Waals surface area contributed by atoms with Crippen LogP contribution in [0.1, 0.15) is 24.0 Å². The summed E-state index contributed by atoms with van der Waals surface area (Å²) in [5.41, 5.74) is 7.72. The molecule has 0 bridgehead atoms. The lowest BCUT2D eigenvalue weighted by atomic mass is 10.2. The summed E-state index contributed by atoms with van der Waals surface area (Å²) in [6.45, 7) is 2.49. The predicted octanol–water partition coefficient (Wildman–Crippen LogP) is 2.93. The molecule has 2 aromatic rings. The van der Waals surface area contributed by atoms with Crippen molar-refractivity contribution in [3.63, 3.8) is 0 Å². The molecule has 0 aliphatic carbocycles. The highest BCUT2D eigenvalue weighted by Gasteiger charge is 2.25. The van der Waals surface area contributed by atoms with Gasteiger partial charge in [0.15, 0.2) is 0 Å². The highest BCUT2D eigenvalue weighted by molar-refractivity contribution is 9.10. The van der Waals surface area contributed by atoms with E-state index in [2.05, 4.69) is 26.0 Å². The van der Waals surface area contributed by atoms with Crippen LogP contribution in [0.5, 0.6) is 0 Å². The average Bonchev–Trinajstić information content (AvgIpc) is 3.36. The minimum absolute atomic E-state index is 0.0347. The number of cyclic esters (lactones) is 2. The van der Waals surface area contributed by atoms with Gasteiger partial charge >= 0.3 is 11.9 Å². The number of nitrogens with one attached hydrogen (secondary N) is 1. The van der Waals surface area contributed by atoms with Crippen LogP contribution in [-0.4, -0.2) is 36.0 Å². The number of rotatable bonds is 4. The minimum atomic E-state index is -0.125. The Bertz CT molecular complexity index is 743. The van der Waals surface area contributed by atoms with Crippen molar-refractivity contribution in [3.8, 4) is 0 Å². The molecule has 0 saturated carbocycles. The minimum Gasteiger partial charge on any atom is -0.465 e. The molecule has 3 N–H and O–H groups in total. The Morgan fingerprint density at radius 1 is 0.862 bits per heavy atom. The van der Waals surface area contributed by atoms with Gasteiger partial charge in [0.2, 0.25) is 0 Å². The number of halogens is 1. The number of hydrogen-bond acceptors (Lipinski definition) is 6. The molecular weight excluding hydrogens is 436 g/mol. The van der Waals surface area contributed by atoms with Crippen LogP contribution >= 0.6 is 15.9 Å². The number of alkyl halides is 1. The Morgan fingerprint density at radius 3 is 1.79 bits per heavy atom. The Hall–Kier alpha value is -2.22. The Kier molecular flexibility index (Phi) is 10.4. The second kappa shape index (κ2) is 13.1. The molecule has 2 fully saturated rings. The van der Waals surface area contributed by atoms with E-state index in [0.717, 1.165) is 19.4 Å². The van der Waals surface area contributed by atoms with E-state index in [-0.39, 0.29) is 22.8 Å². The fraction of sp³-hybridized carbons (Fsp3) is 0.364. The first kappa shape index (κ1) is 23.1. The maximum absolute atomic E-state index is 11.1. The van der Waals surface area contributed by atoms with Gasteiger partial charge in [0, 0.05) is 25.9 Å². The molecule has 156 valence electrons. The number of ether oxygens (including phenoxy) is 2. The summed E-state index contributed by atoms with van der Waals surface area (Å²) in [5, 5.41) is 3.17. The van der Waals surface area contributed by atoms with Gasteiger partial charge in [-0.1, -0.05) is 76.6 Å². The van der Waals surface area contributed by atoms with E-state index >= 15 is 0 Å². The summed E-state index contributed by atoms with van der Waals surface area (Å²) < 4.78 is 9.43. The van der Waals surface area contributed by atoms with Crippen molar-refractivity contribution >= 4 is 27.9 Å². The van der Waals surface area contributed by atoms with Gasteiger partial charge in [-0.25, -0.2) is 0 Å². The van der Waals surface area contributed by atoms with E-state index in [1.807, 2.05) is 60.7 Å². The Labute approximate surface area is 179 Å². The summed E-state index contributed by atoms with van der Waals surface area (Å²) in [7, 11) is 0. The smallest absolute Gasteiger partial charge is 0.323 e. The SMILES string of the molecule is NCc1ccccc1.O=C1OCCC1Br.O=C1OCCC1NCc1ccccc1. The molecule has 2 aliphatic heterocycles. The molecule has 6 nitrogen and oxygen atoms in total. The monoisotopic (exact) mass is 462 g/mol. The number of hydrogen-bond donors (Lipinski definition) is 2. The number of esters is 2. The molecule has 2 unspecified atom stereocenters. The third-order valence-corrected chi connectivity index (χ3v) is 5.11. The van der Waals surface area contributed by atoms with Crippen molar-refractivity contribution in [2.45, 2.75) is 36.8 Å². The lowest BCUT2D eigenvalue weighted by Crippen LogP contribution is -2.32. The van der Waals surface area contributed by atoms with E-state index in [1.165, 1.54) is 11.1 Å². The Morgan fingerprint density at radius 2 is 1.41 bits per heavy atom. The average molecular weight is 463 g/mol. The summed E-state index contributed by atoms with van der Waals surface area (Å²) in [5.74, 6) is -0.249. The van der Waals surface area contributed by atoms with E-state index in [0.29, 0.717) is 19.8 Å². The third kappa shape index (κ3) is 8.77. The second-order valence-corrected chi connectivity index (χ2v) is 7.59. The Balaban J connectivity index is 0.000000170. The van der Waals surface area contributed by atoms with E-state index in [4.69, 9.17) is 10.5 Å². The van der Waals surface area contributed by atoms with Crippen LogP contribution in [0.4, 0.5) is 0 Å². The standard InChI is InChI=1S/C11H13NO2.C7H9N.C4H5BrO2/c13-11-10(6-7-14-11)12-8-9-4-2-1-3-5-9;8-6-7-4-2-1-3-5-7;5-3-1-2-7-4(3)6/h1-5,10,12H,6-8H2;1-5H,6,8H2;3H,1-2H2. The van der Waals surface area contributed by atoms with Crippen LogP contribution in [0, 0.1) is 0 Å². The largest absolute Gasteiger partial charge is 0.465 e. The third-order valence-electron chi connectivity index (χ3n) is 4.28. The summed E-state index contributed by atoms with van der Waals surface area (Å²) in [6.07, 6.45) is 1.60.